The van der Waals surface area contributed by atoms with E-state index in [1.54, 1.807) is 28.2 Å². The van der Waals surface area contributed by atoms with Crippen molar-refractivity contribution in [2.45, 2.75) is 11.8 Å². The third kappa shape index (κ3) is 4.58. The van der Waals surface area contributed by atoms with Crippen molar-refractivity contribution in [3.63, 3.8) is 0 Å². The van der Waals surface area contributed by atoms with E-state index in [2.05, 4.69) is 0 Å². The smallest absolute Gasteiger partial charge is 0.409 e. The molecule has 0 atom stereocenters. The van der Waals surface area contributed by atoms with Gasteiger partial charge >= 0.3 is 11.1 Å². The summed E-state index contributed by atoms with van der Waals surface area (Å²) in [5.74, 6) is 0.0655. The molecule has 0 bridgehead atoms. The normalized spacial score (nSPS) is 14.7. The summed E-state index contributed by atoms with van der Waals surface area (Å²) >= 11 is 2.22. The Hall–Kier alpha value is -1.81. The Bertz CT molecular complexity index is 584. The van der Waals surface area contributed by atoms with Crippen LogP contribution in [-0.4, -0.2) is 65.3 Å². The molecule has 2 heterocycles. The highest BCUT2D eigenvalue weighted by atomic mass is 32.2. The highest BCUT2D eigenvalue weighted by molar-refractivity contribution is 8.00. The molecule has 2 amide bonds. The van der Waals surface area contributed by atoms with Gasteiger partial charge in [-0.25, -0.2) is 4.79 Å². The van der Waals surface area contributed by atoms with E-state index in [9.17, 15) is 19.7 Å². The lowest BCUT2D eigenvalue weighted by atomic mass is 10.3. The molecule has 0 aliphatic carbocycles. The fourth-order valence-corrected chi connectivity index (χ4v) is 3.95. The highest BCUT2D eigenvalue weighted by Gasteiger charge is 2.25. The summed E-state index contributed by atoms with van der Waals surface area (Å²) in [5, 5.41) is 12.5. The fraction of sp³-hybridized carbons (Fsp3) is 0.538. The average molecular weight is 359 g/mol. The quantitative estimate of drug-likeness (QED) is 0.454. The van der Waals surface area contributed by atoms with Gasteiger partial charge in [-0.15, -0.1) is 11.8 Å². The second kappa shape index (κ2) is 8.16. The highest BCUT2D eigenvalue weighted by Crippen LogP contribution is 2.34. The number of hydrogen-bond acceptors (Lipinski definition) is 7. The van der Waals surface area contributed by atoms with Gasteiger partial charge in [0, 0.05) is 26.2 Å². The molecular weight excluding hydrogens is 342 g/mol. The van der Waals surface area contributed by atoms with Gasteiger partial charge in [-0.05, 0) is 18.4 Å². The molecule has 23 heavy (non-hydrogen) atoms. The summed E-state index contributed by atoms with van der Waals surface area (Å²) in [4.78, 5) is 37.9. The Morgan fingerprint density at radius 2 is 2.00 bits per heavy atom. The van der Waals surface area contributed by atoms with E-state index in [1.807, 2.05) is 0 Å². The second-order valence-electron chi connectivity index (χ2n) is 4.70. The van der Waals surface area contributed by atoms with E-state index in [0.717, 1.165) is 11.3 Å². The van der Waals surface area contributed by atoms with Gasteiger partial charge < -0.3 is 14.5 Å². The minimum atomic E-state index is -0.435. The van der Waals surface area contributed by atoms with Crippen LogP contribution in [0.4, 0.5) is 9.80 Å². The van der Waals surface area contributed by atoms with Crippen molar-refractivity contribution in [2.75, 3.05) is 38.5 Å². The molecule has 1 aromatic rings. The number of hydrogen-bond donors (Lipinski definition) is 0. The lowest BCUT2D eigenvalue weighted by Crippen LogP contribution is -2.51. The summed E-state index contributed by atoms with van der Waals surface area (Å²) in [6, 6.07) is 1.65. The molecule has 0 unspecified atom stereocenters. The molecule has 10 heteroatoms. The number of thioether (sulfide) groups is 1. The SMILES string of the molecule is CCOC(=O)N1CCN(C(=O)CSc2ccsc2[N+](=O)[O-])CC1. The second-order valence-corrected chi connectivity index (χ2v) is 6.61. The zero-order valence-electron chi connectivity index (χ0n) is 12.6. The zero-order chi connectivity index (χ0) is 16.8. The largest absolute Gasteiger partial charge is 0.450 e. The van der Waals surface area contributed by atoms with Crippen molar-refractivity contribution < 1.29 is 19.2 Å². The molecular formula is C13H17N3O5S2. The molecule has 1 aromatic heterocycles. The maximum Gasteiger partial charge on any atom is 0.409 e. The predicted octanol–water partition coefficient (Wildman–Crippen LogP) is 2.05. The van der Waals surface area contributed by atoms with Gasteiger partial charge in [0.05, 0.1) is 22.2 Å². The number of carbonyl (C=O) groups excluding carboxylic acids is 2. The summed E-state index contributed by atoms with van der Waals surface area (Å²) < 4.78 is 4.93. The van der Waals surface area contributed by atoms with Crippen LogP contribution < -0.4 is 0 Å². The lowest BCUT2D eigenvalue weighted by molar-refractivity contribution is -0.382. The summed E-state index contributed by atoms with van der Waals surface area (Å²) in [6.45, 7) is 3.85. The predicted molar refractivity (Wildman–Crippen MR) is 86.9 cm³/mol. The van der Waals surface area contributed by atoms with Crippen LogP contribution in [0.1, 0.15) is 6.92 Å². The topological polar surface area (TPSA) is 93.0 Å². The number of thiophene rings is 1. The van der Waals surface area contributed by atoms with Crippen LogP contribution in [0.25, 0.3) is 0 Å². The number of rotatable bonds is 5. The maximum absolute atomic E-state index is 12.2. The minimum Gasteiger partial charge on any atom is -0.450 e. The van der Waals surface area contributed by atoms with Crippen molar-refractivity contribution in [2.24, 2.45) is 0 Å². The van der Waals surface area contributed by atoms with Crippen LogP contribution in [0.15, 0.2) is 16.3 Å². The van der Waals surface area contributed by atoms with E-state index in [-0.39, 0.29) is 22.8 Å². The Balaban J connectivity index is 1.80. The van der Waals surface area contributed by atoms with Crippen molar-refractivity contribution in [1.29, 1.82) is 0 Å². The molecule has 8 nitrogen and oxygen atoms in total. The maximum atomic E-state index is 12.2. The first kappa shape index (κ1) is 17.5. The molecule has 0 aromatic carbocycles. The molecule has 2 rings (SSSR count). The average Bonchev–Trinajstić information content (AvgIpc) is 3.02. The molecule has 0 N–H and O–H groups in total. The summed E-state index contributed by atoms with van der Waals surface area (Å²) in [6.07, 6.45) is -0.358. The molecule has 1 saturated heterocycles. The Kier molecular flexibility index (Phi) is 6.22. The number of amides is 2. The summed E-state index contributed by atoms with van der Waals surface area (Å²) in [5.41, 5.74) is 0. The van der Waals surface area contributed by atoms with E-state index >= 15 is 0 Å². The van der Waals surface area contributed by atoms with Crippen LogP contribution in [0.3, 0.4) is 0 Å². The van der Waals surface area contributed by atoms with Gasteiger partial charge in [-0.1, -0.05) is 11.3 Å². The molecule has 126 valence electrons. The molecule has 0 radical (unpaired) electrons. The third-order valence-electron chi connectivity index (χ3n) is 3.29. The van der Waals surface area contributed by atoms with Gasteiger partial charge in [-0.2, -0.15) is 0 Å². The van der Waals surface area contributed by atoms with Crippen molar-refractivity contribution in [3.05, 3.63) is 21.6 Å². The first-order chi connectivity index (χ1) is 11.0. The first-order valence-corrected chi connectivity index (χ1v) is 8.93. The number of carbonyl (C=O) groups is 2. The fourth-order valence-electron chi connectivity index (χ4n) is 2.12. The summed E-state index contributed by atoms with van der Waals surface area (Å²) in [7, 11) is 0. The van der Waals surface area contributed by atoms with Gasteiger partial charge in [0.2, 0.25) is 5.91 Å². The van der Waals surface area contributed by atoms with Crippen molar-refractivity contribution in [1.82, 2.24) is 9.80 Å². The van der Waals surface area contributed by atoms with E-state index in [0.29, 0.717) is 37.7 Å². The van der Waals surface area contributed by atoms with Crippen LogP contribution in [0.5, 0.6) is 0 Å². The minimum absolute atomic E-state index is 0.0648. The van der Waals surface area contributed by atoms with E-state index < -0.39 is 4.92 Å². The monoisotopic (exact) mass is 359 g/mol. The van der Waals surface area contributed by atoms with Gasteiger partial charge in [0.25, 0.3) is 0 Å². The van der Waals surface area contributed by atoms with E-state index in [4.69, 9.17) is 4.74 Å². The van der Waals surface area contributed by atoms with Crippen LogP contribution in [-0.2, 0) is 9.53 Å². The Morgan fingerprint density at radius 3 is 2.61 bits per heavy atom. The number of piperazine rings is 1. The molecule has 0 spiro atoms. The number of nitro groups is 1. The third-order valence-corrected chi connectivity index (χ3v) is 5.31. The van der Waals surface area contributed by atoms with Crippen LogP contribution >= 0.6 is 23.1 Å². The van der Waals surface area contributed by atoms with Gasteiger partial charge in [0.1, 0.15) is 0 Å². The van der Waals surface area contributed by atoms with Crippen LogP contribution in [0, 0.1) is 10.1 Å². The molecule has 0 saturated carbocycles. The van der Waals surface area contributed by atoms with Crippen LogP contribution in [0.2, 0.25) is 0 Å². The van der Waals surface area contributed by atoms with Gasteiger partial charge in [0.15, 0.2) is 0 Å². The first-order valence-electron chi connectivity index (χ1n) is 7.07. The molecule has 1 aliphatic rings. The molecule has 1 fully saturated rings. The molecule has 1 aliphatic heterocycles. The number of ether oxygens (including phenoxy) is 1. The lowest BCUT2D eigenvalue weighted by Gasteiger charge is -2.34. The van der Waals surface area contributed by atoms with E-state index in [1.165, 1.54) is 11.8 Å². The van der Waals surface area contributed by atoms with Crippen molar-refractivity contribution >= 4 is 40.1 Å². The zero-order valence-corrected chi connectivity index (χ0v) is 14.2. The van der Waals surface area contributed by atoms with Gasteiger partial charge in [-0.3, -0.25) is 14.9 Å². The number of nitrogens with zero attached hydrogens (tertiary/aromatic N) is 3. The Morgan fingerprint density at radius 1 is 1.35 bits per heavy atom. The Labute approximate surface area is 141 Å². The van der Waals surface area contributed by atoms with Crippen molar-refractivity contribution in [3.8, 4) is 0 Å². The standard InChI is InChI=1S/C13H17N3O5S2/c1-2-21-13(18)15-6-4-14(5-7-15)11(17)9-23-10-3-8-22-12(10)16(19)20/h3,8H,2,4-7,9H2,1H3.